The number of aryl methyl sites for hydroxylation is 1. The molecule has 3 rings (SSSR count). The van der Waals surface area contributed by atoms with Crippen molar-refractivity contribution in [2.45, 2.75) is 11.1 Å². The lowest BCUT2D eigenvalue weighted by atomic mass is 10.1. The minimum atomic E-state index is -3.53. The average molecular weight is 392 g/mol. The van der Waals surface area contributed by atoms with Gasteiger partial charge in [0.1, 0.15) is 9.73 Å². The number of aromatic nitrogens is 1. The van der Waals surface area contributed by atoms with Crippen molar-refractivity contribution in [3.63, 3.8) is 0 Å². The predicted molar refractivity (Wildman–Crippen MR) is 101 cm³/mol. The Bertz CT molecular complexity index is 1060. The lowest BCUT2D eigenvalue weighted by molar-refractivity contribution is -0.383. The van der Waals surface area contributed by atoms with Gasteiger partial charge in [-0.05, 0) is 37.3 Å². The first kappa shape index (κ1) is 18.2. The van der Waals surface area contributed by atoms with E-state index in [2.05, 4.69) is 15.0 Å². The Hall–Kier alpha value is -2.56. The normalized spacial score (nSPS) is 11.6. The van der Waals surface area contributed by atoms with E-state index < -0.39 is 14.9 Å². The van der Waals surface area contributed by atoms with Gasteiger partial charge in [-0.25, -0.2) is 13.1 Å². The van der Waals surface area contributed by atoms with Crippen molar-refractivity contribution in [1.29, 1.82) is 0 Å². The molecule has 0 amide bonds. The molecule has 0 fully saturated rings. The summed E-state index contributed by atoms with van der Waals surface area (Å²) in [4.78, 5) is 15.8. The number of non-ortho nitro benzene ring substituents is 1. The quantitative estimate of drug-likeness (QED) is 0.363. The summed E-state index contributed by atoms with van der Waals surface area (Å²) in [5, 5.41) is 14.6. The highest BCUT2D eigenvalue weighted by molar-refractivity contribution is 7.91. The molecule has 0 bridgehead atoms. The van der Waals surface area contributed by atoms with E-state index in [0.29, 0.717) is 23.1 Å². The van der Waals surface area contributed by atoms with Crippen molar-refractivity contribution in [2.75, 3.05) is 18.4 Å². The van der Waals surface area contributed by atoms with Crippen LogP contribution in [0.5, 0.6) is 0 Å². The molecule has 0 unspecified atom stereocenters. The van der Waals surface area contributed by atoms with Gasteiger partial charge >= 0.3 is 0 Å². The van der Waals surface area contributed by atoms with Crippen molar-refractivity contribution in [3.05, 3.63) is 57.6 Å². The van der Waals surface area contributed by atoms with Crippen molar-refractivity contribution < 1.29 is 13.3 Å². The summed E-state index contributed by atoms with van der Waals surface area (Å²) >= 11 is 1.21. The minimum absolute atomic E-state index is 0.0209. The molecule has 136 valence electrons. The van der Waals surface area contributed by atoms with Crippen LogP contribution in [0, 0.1) is 17.0 Å². The first-order valence-electron chi connectivity index (χ1n) is 7.70. The van der Waals surface area contributed by atoms with Gasteiger partial charge in [-0.2, -0.15) is 0 Å². The third-order valence-electron chi connectivity index (χ3n) is 3.66. The molecule has 10 heteroatoms. The minimum Gasteiger partial charge on any atom is -0.382 e. The third-order valence-corrected chi connectivity index (χ3v) is 6.61. The molecule has 0 saturated heterocycles. The molecule has 2 heterocycles. The standard InChI is InChI=1S/C16H16N4O4S2/c1-11-4-7-15(25-11)26(23,24)19-10-9-17-13-5-6-14(20(21)22)12-3-2-8-18-16(12)13/h2-8,17,19H,9-10H2,1H3. The molecule has 8 nitrogen and oxygen atoms in total. The molecular formula is C16H16N4O4S2. The van der Waals surface area contributed by atoms with Crippen molar-refractivity contribution >= 4 is 43.6 Å². The molecule has 0 atom stereocenters. The molecule has 0 aliphatic rings. The number of nitro groups is 1. The van der Waals surface area contributed by atoms with Crippen molar-refractivity contribution in [2.24, 2.45) is 0 Å². The Morgan fingerprint density at radius 2 is 2.00 bits per heavy atom. The average Bonchev–Trinajstić information content (AvgIpc) is 3.06. The van der Waals surface area contributed by atoms with Crippen molar-refractivity contribution in [3.8, 4) is 0 Å². The molecule has 0 spiro atoms. The zero-order chi connectivity index (χ0) is 18.7. The highest BCUT2D eigenvalue weighted by Gasteiger charge is 2.16. The van der Waals surface area contributed by atoms with Gasteiger partial charge in [0, 0.05) is 30.2 Å². The fourth-order valence-electron chi connectivity index (χ4n) is 2.47. The van der Waals surface area contributed by atoms with Crippen LogP contribution in [0.1, 0.15) is 4.88 Å². The maximum absolute atomic E-state index is 12.2. The van der Waals surface area contributed by atoms with Gasteiger partial charge in [0.2, 0.25) is 10.0 Å². The van der Waals surface area contributed by atoms with Crippen LogP contribution in [0.15, 0.2) is 46.8 Å². The first-order chi connectivity index (χ1) is 12.4. The largest absolute Gasteiger partial charge is 0.382 e. The number of thiophene rings is 1. The number of nitrogens with one attached hydrogen (secondary N) is 2. The number of fused-ring (bicyclic) bond motifs is 1. The number of benzene rings is 1. The molecule has 0 saturated carbocycles. The second kappa shape index (κ2) is 7.36. The summed E-state index contributed by atoms with van der Waals surface area (Å²) < 4.78 is 27.1. The van der Waals surface area contributed by atoms with E-state index in [9.17, 15) is 18.5 Å². The van der Waals surface area contributed by atoms with E-state index in [-0.39, 0.29) is 16.4 Å². The van der Waals surface area contributed by atoms with Gasteiger partial charge < -0.3 is 5.32 Å². The second-order valence-electron chi connectivity index (χ2n) is 5.48. The van der Waals surface area contributed by atoms with Gasteiger partial charge in [-0.3, -0.25) is 15.1 Å². The number of hydrogen-bond donors (Lipinski definition) is 2. The first-order valence-corrected chi connectivity index (χ1v) is 10.0. The fourth-order valence-corrected chi connectivity index (χ4v) is 4.83. The molecule has 0 aliphatic heterocycles. The highest BCUT2D eigenvalue weighted by atomic mass is 32.2. The number of anilines is 1. The summed E-state index contributed by atoms with van der Waals surface area (Å²) in [6.45, 7) is 2.33. The topological polar surface area (TPSA) is 114 Å². The molecule has 2 N–H and O–H groups in total. The fraction of sp³-hybridized carbons (Fsp3) is 0.188. The van der Waals surface area contributed by atoms with Crippen molar-refractivity contribution in [1.82, 2.24) is 9.71 Å². The van der Waals surface area contributed by atoms with Gasteiger partial charge in [-0.15, -0.1) is 11.3 Å². The van der Waals surface area contributed by atoms with E-state index >= 15 is 0 Å². The van der Waals surface area contributed by atoms with Gasteiger partial charge in [-0.1, -0.05) is 0 Å². The lowest BCUT2D eigenvalue weighted by Gasteiger charge is -2.10. The van der Waals surface area contributed by atoms with Crippen LogP contribution in [-0.2, 0) is 10.0 Å². The Labute approximate surface area is 154 Å². The molecule has 26 heavy (non-hydrogen) atoms. The number of rotatable bonds is 7. The molecule has 1 aromatic carbocycles. The van der Waals surface area contributed by atoms with Crippen LogP contribution < -0.4 is 10.0 Å². The van der Waals surface area contributed by atoms with E-state index in [1.54, 1.807) is 36.5 Å². The smallest absolute Gasteiger partial charge is 0.278 e. The monoisotopic (exact) mass is 392 g/mol. The third kappa shape index (κ3) is 3.82. The Morgan fingerprint density at radius 3 is 2.69 bits per heavy atom. The number of nitrogens with zero attached hydrogens (tertiary/aromatic N) is 2. The van der Waals surface area contributed by atoms with Crippen LogP contribution in [0.4, 0.5) is 11.4 Å². The van der Waals surface area contributed by atoms with Crippen LogP contribution in [0.2, 0.25) is 0 Å². The van der Waals surface area contributed by atoms with Crippen LogP contribution >= 0.6 is 11.3 Å². The SMILES string of the molecule is Cc1ccc(S(=O)(=O)NCCNc2ccc([N+](=O)[O-])c3cccnc23)s1. The zero-order valence-corrected chi connectivity index (χ0v) is 15.4. The summed E-state index contributed by atoms with van der Waals surface area (Å²) in [5.74, 6) is 0. The molecular weight excluding hydrogens is 376 g/mol. The van der Waals surface area contributed by atoms with E-state index in [1.165, 1.54) is 17.4 Å². The van der Waals surface area contributed by atoms with Crippen LogP contribution in [0.25, 0.3) is 10.9 Å². The summed E-state index contributed by atoms with van der Waals surface area (Å²) in [5.41, 5.74) is 1.06. The lowest BCUT2D eigenvalue weighted by Crippen LogP contribution is -2.28. The number of hydrogen-bond acceptors (Lipinski definition) is 7. The van der Waals surface area contributed by atoms with Gasteiger partial charge in [0.05, 0.1) is 16.0 Å². The van der Waals surface area contributed by atoms with E-state index in [0.717, 1.165) is 4.88 Å². The zero-order valence-electron chi connectivity index (χ0n) is 13.8. The molecule has 3 aromatic rings. The molecule has 0 aliphatic carbocycles. The molecule has 0 radical (unpaired) electrons. The summed E-state index contributed by atoms with van der Waals surface area (Å²) in [6.07, 6.45) is 1.55. The van der Waals surface area contributed by atoms with Crippen LogP contribution in [0.3, 0.4) is 0 Å². The maximum atomic E-state index is 12.2. The number of nitro benzene ring substituents is 1. The summed E-state index contributed by atoms with van der Waals surface area (Å²) in [6, 6.07) is 9.58. The van der Waals surface area contributed by atoms with Gasteiger partial charge in [0.25, 0.3) is 5.69 Å². The van der Waals surface area contributed by atoms with Crippen LogP contribution in [-0.4, -0.2) is 31.4 Å². The Balaban J connectivity index is 1.69. The highest BCUT2D eigenvalue weighted by Crippen LogP contribution is 2.29. The Morgan fingerprint density at radius 1 is 1.19 bits per heavy atom. The Kier molecular flexibility index (Phi) is 5.16. The molecule has 2 aromatic heterocycles. The second-order valence-corrected chi connectivity index (χ2v) is 8.76. The summed E-state index contributed by atoms with van der Waals surface area (Å²) in [7, 11) is -3.53. The number of pyridine rings is 1. The predicted octanol–water partition coefficient (Wildman–Crippen LogP) is 2.90. The van der Waals surface area contributed by atoms with E-state index in [4.69, 9.17) is 0 Å². The maximum Gasteiger partial charge on any atom is 0.278 e. The van der Waals surface area contributed by atoms with Gasteiger partial charge in [0.15, 0.2) is 0 Å². The van der Waals surface area contributed by atoms with E-state index in [1.807, 2.05) is 6.92 Å². The number of sulfonamides is 1.